The summed E-state index contributed by atoms with van der Waals surface area (Å²) in [5.41, 5.74) is 3.66. The van der Waals surface area contributed by atoms with Crippen molar-refractivity contribution in [2.75, 3.05) is 12.4 Å². The zero-order valence-electron chi connectivity index (χ0n) is 17.1. The first-order valence-electron chi connectivity index (χ1n) is 10.1. The van der Waals surface area contributed by atoms with Crippen LogP contribution in [0.2, 0.25) is 0 Å². The molecule has 2 N–H and O–H groups in total. The lowest BCUT2D eigenvalue weighted by Crippen LogP contribution is -2.32. The summed E-state index contributed by atoms with van der Waals surface area (Å²) in [6.45, 7) is 2.03. The number of nitrogens with zero attached hydrogens (tertiary/aromatic N) is 1. The highest BCUT2D eigenvalue weighted by Crippen LogP contribution is 2.40. The minimum absolute atomic E-state index is 0.130. The average Bonchev–Trinajstić information content (AvgIpc) is 3.41. The third-order valence-electron chi connectivity index (χ3n) is 5.38. The Bertz CT molecular complexity index is 1040. The van der Waals surface area contributed by atoms with Gasteiger partial charge in [0.2, 0.25) is 0 Å². The van der Waals surface area contributed by atoms with Gasteiger partial charge in [-0.3, -0.25) is 0 Å². The Morgan fingerprint density at radius 3 is 2.50 bits per heavy atom. The van der Waals surface area contributed by atoms with Crippen LogP contribution in [0.15, 0.2) is 48.8 Å². The zero-order valence-corrected chi connectivity index (χ0v) is 17.9. The highest BCUT2D eigenvalue weighted by Gasteiger charge is 2.26. The van der Waals surface area contributed by atoms with Gasteiger partial charge >= 0.3 is 12.0 Å². The van der Waals surface area contributed by atoms with Crippen LogP contribution in [0.25, 0.3) is 5.00 Å². The van der Waals surface area contributed by atoms with E-state index < -0.39 is 5.97 Å². The Balaban J connectivity index is 1.51. The zero-order chi connectivity index (χ0) is 21.1. The molecule has 0 saturated heterocycles. The minimum Gasteiger partial charge on any atom is -0.465 e. The Labute approximate surface area is 179 Å². The number of hydrogen-bond donors (Lipinski definition) is 2. The standard InChI is InChI=1S/C23H25N3O3S/c1-15(24-23(28)25-17-11-9-16(10-12-17)22(27)29-2)20-18-7-3-4-8-19(18)30-21(20)26-13-5-6-14-26/h5-6,9-15H,3-4,7-8H2,1-2H3,(H2,24,25,28)/t15-/m1/s1. The van der Waals surface area contributed by atoms with Crippen molar-refractivity contribution in [3.8, 4) is 5.00 Å². The first-order valence-corrected chi connectivity index (χ1v) is 10.9. The van der Waals surface area contributed by atoms with Gasteiger partial charge in [-0.25, -0.2) is 9.59 Å². The van der Waals surface area contributed by atoms with E-state index in [1.165, 1.54) is 41.0 Å². The molecule has 2 aromatic heterocycles. The molecule has 6 nitrogen and oxygen atoms in total. The number of anilines is 1. The number of ether oxygens (including phenoxy) is 1. The third kappa shape index (κ3) is 4.11. The first kappa shape index (κ1) is 20.2. The van der Waals surface area contributed by atoms with Gasteiger partial charge in [0, 0.05) is 28.5 Å². The molecule has 0 aliphatic heterocycles. The smallest absolute Gasteiger partial charge is 0.337 e. The lowest BCUT2D eigenvalue weighted by Gasteiger charge is -2.20. The van der Waals surface area contributed by atoms with Crippen LogP contribution >= 0.6 is 11.3 Å². The van der Waals surface area contributed by atoms with Crippen molar-refractivity contribution in [2.45, 2.75) is 38.6 Å². The van der Waals surface area contributed by atoms with Crippen LogP contribution in [-0.4, -0.2) is 23.7 Å². The van der Waals surface area contributed by atoms with Crippen molar-refractivity contribution < 1.29 is 14.3 Å². The largest absolute Gasteiger partial charge is 0.465 e. The number of fused-ring (bicyclic) bond motifs is 1. The maximum absolute atomic E-state index is 12.6. The molecule has 0 fully saturated rings. The average molecular weight is 424 g/mol. The van der Waals surface area contributed by atoms with Gasteiger partial charge in [-0.15, -0.1) is 11.3 Å². The number of methoxy groups -OCH3 is 1. The second kappa shape index (κ2) is 8.75. The van der Waals surface area contributed by atoms with E-state index >= 15 is 0 Å². The van der Waals surface area contributed by atoms with E-state index in [2.05, 4.69) is 27.6 Å². The van der Waals surface area contributed by atoms with E-state index in [0.717, 1.165) is 12.8 Å². The summed E-state index contributed by atoms with van der Waals surface area (Å²) in [7, 11) is 1.34. The van der Waals surface area contributed by atoms with Crippen LogP contribution in [0, 0.1) is 0 Å². The summed E-state index contributed by atoms with van der Waals surface area (Å²) < 4.78 is 6.84. The van der Waals surface area contributed by atoms with Gasteiger partial charge in [0.05, 0.1) is 18.7 Å². The predicted molar refractivity (Wildman–Crippen MR) is 119 cm³/mol. The van der Waals surface area contributed by atoms with Gasteiger partial charge < -0.3 is 19.9 Å². The number of benzene rings is 1. The number of aryl methyl sites for hydroxylation is 1. The molecule has 1 aliphatic carbocycles. The highest BCUT2D eigenvalue weighted by molar-refractivity contribution is 7.15. The number of thiophene rings is 1. The maximum atomic E-state index is 12.6. The molecule has 0 saturated carbocycles. The number of esters is 1. The van der Waals surface area contributed by atoms with E-state index in [1.807, 2.05) is 30.4 Å². The SMILES string of the molecule is COC(=O)c1ccc(NC(=O)N[C@H](C)c2c(-n3cccc3)sc3c2CCCC3)cc1. The lowest BCUT2D eigenvalue weighted by atomic mass is 9.93. The van der Waals surface area contributed by atoms with Crippen LogP contribution in [-0.2, 0) is 17.6 Å². The fourth-order valence-corrected chi connectivity index (χ4v) is 5.38. The molecule has 0 spiro atoms. The molecule has 30 heavy (non-hydrogen) atoms. The number of rotatable bonds is 5. The van der Waals surface area contributed by atoms with Crippen molar-refractivity contribution in [3.05, 3.63) is 70.4 Å². The molecular weight excluding hydrogens is 398 g/mol. The Morgan fingerprint density at radius 2 is 1.80 bits per heavy atom. The lowest BCUT2D eigenvalue weighted by molar-refractivity contribution is 0.0600. The number of carbonyl (C=O) groups is 2. The Hall–Kier alpha value is -3.06. The Kier molecular flexibility index (Phi) is 5.90. The van der Waals surface area contributed by atoms with Gasteiger partial charge in [0.25, 0.3) is 0 Å². The van der Waals surface area contributed by atoms with E-state index in [-0.39, 0.29) is 12.1 Å². The van der Waals surface area contributed by atoms with Crippen LogP contribution in [0.4, 0.5) is 10.5 Å². The number of hydrogen-bond acceptors (Lipinski definition) is 4. The third-order valence-corrected chi connectivity index (χ3v) is 6.70. The van der Waals surface area contributed by atoms with Crippen molar-refractivity contribution in [1.82, 2.24) is 9.88 Å². The van der Waals surface area contributed by atoms with Crippen molar-refractivity contribution in [3.63, 3.8) is 0 Å². The molecule has 1 atom stereocenters. The molecule has 4 rings (SSSR count). The van der Waals surface area contributed by atoms with Crippen LogP contribution < -0.4 is 10.6 Å². The molecule has 7 heteroatoms. The van der Waals surface area contributed by atoms with Crippen molar-refractivity contribution in [2.24, 2.45) is 0 Å². The summed E-state index contributed by atoms with van der Waals surface area (Å²) in [6.07, 6.45) is 8.69. The number of urea groups is 1. The molecule has 1 aliphatic rings. The second-order valence-electron chi connectivity index (χ2n) is 7.41. The quantitative estimate of drug-likeness (QED) is 0.562. The van der Waals surface area contributed by atoms with E-state index in [9.17, 15) is 9.59 Å². The molecule has 2 amide bonds. The van der Waals surface area contributed by atoms with Crippen LogP contribution in [0.3, 0.4) is 0 Å². The van der Waals surface area contributed by atoms with Crippen LogP contribution in [0.5, 0.6) is 0 Å². The number of nitrogens with one attached hydrogen (secondary N) is 2. The van der Waals surface area contributed by atoms with Crippen LogP contribution in [0.1, 0.15) is 52.2 Å². The fraction of sp³-hybridized carbons (Fsp3) is 0.304. The van der Waals surface area contributed by atoms with Gasteiger partial charge in [0.1, 0.15) is 5.00 Å². The number of carbonyl (C=O) groups excluding carboxylic acids is 2. The summed E-state index contributed by atoms with van der Waals surface area (Å²) in [5.74, 6) is -0.403. The monoisotopic (exact) mass is 423 g/mol. The van der Waals surface area contributed by atoms with Crippen molar-refractivity contribution in [1.29, 1.82) is 0 Å². The normalized spacial score (nSPS) is 13.9. The molecular formula is C23H25N3O3S. The first-order chi connectivity index (χ1) is 14.6. The summed E-state index contributed by atoms with van der Waals surface area (Å²) in [6, 6.07) is 10.3. The number of amides is 2. The highest BCUT2D eigenvalue weighted by atomic mass is 32.1. The second-order valence-corrected chi connectivity index (χ2v) is 8.49. The summed E-state index contributed by atoms with van der Waals surface area (Å²) >= 11 is 1.83. The van der Waals surface area contributed by atoms with Gasteiger partial charge in [0.15, 0.2) is 0 Å². The summed E-state index contributed by atoms with van der Waals surface area (Å²) in [4.78, 5) is 25.6. The molecule has 0 unspecified atom stereocenters. The molecule has 3 aromatic rings. The van der Waals surface area contributed by atoms with Gasteiger partial charge in [-0.1, -0.05) is 0 Å². The fourth-order valence-electron chi connectivity index (χ4n) is 3.93. The molecule has 2 heterocycles. The maximum Gasteiger partial charge on any atom is 0.337 e. The molecule has 0 bridgehead atoms. The molecule has 156 valence electrons. The van der Waals surface area contributed by atoms with E-state index in [0.29, 0.717) is 11.3 Å². The van der Waals surface area contributed by atoms with E-state index in [1.54, 1.807) is 24.3 Å². The number of aromatic nitrogens is 1. The summed E-state index contributed by atoms with van der Waals surface area (Å²) in [5, 5.41) is 7.11. The minimum atomic E-state index is -0.403. The van der Waals surface area contributed by atoms with Crippen molar-refractivity contribution >= 4 is 29.0 Å². The Morgan fingerprint density at radius 1 is 1.10 bits per heavy atom. The topological polar surface area (TPSA) is 72.4 Å². The van der Waals surface area contributed by atoms with Gasteiger partial charge in [-0.05, 0) is 74.6 Å². The predicted octanol–water partition coefficient (Wildman–Crippen LogP) is 5.09. The van der Waals surface area contributed by atoms with E-state index in [4.69, 9.17) is 4.74 Å². The molecule has 0 radical (unpaired) electrons. The molecule has 1 aromatic carbocycles. The van der Waals surface area contributed by atoms with Gasteiger partial charge in [-0.2, -0.15) is 0 Å².